The molecule has 1 aliphatic rings. The van der Waals surface area contributed by atoms with Crippen LogP contribution >= 0.6 is 11.3 Å². The van der Waals surface area contributed by atoms with E-state index in [9.17, 15) is 23.5 Å². The number of ketones is 1. The Kier molecular flexibility index (Phi) is 5.56. The topological polar surface area (TPSA) is 66.8 Å². The lowest BCUT2D eigenvalue weighted by atomic mass is 9.97. The summed E-state index contributed by atoms with van der Waals surface area (Å²) in [5.74, 6) is -3.79. The molecule has 0 radical (unpaired) electrons. The van der Waals surface area contributed by atoms with Gasteiger partial charge >= 0.3 is 0 Å². The zero-order valence-corrected chi connectivity index (χ0v) is 18.3. The number of thiophene rings is 1. The van der Waals surface area contributed by atoms with E-state index >= 15 is 0 Å². The van der Waals surface area contributed by atoms with Gasteiger partial charge in [0, 0.05) is 22.2 Å². The summed E-state index contributed by atoms with van der Waals surface area (Å²) in [4.78, 5) is 27.9. The molecular weight excluding hydrogens is 436 g/mol. The Morgan fingerprint density at radius 3 is 2.38 bits per heavy atom. The number of halogens is 2. The molecule has 5 nitrogen and oxygen atoms in total. The fraction of sp³-hybridized carbons (Fsp3) is 0.167. The van der Waals surface area contributed by atoms with E-state index in [-0.39, 0.29) is 17.0 Å². The molecule has 0 bridgehead atoms. The minimum atomic E-state index is -1.14. The Morgan fingerprint density at radius 1 is 1.03 bits per heavy atom. The van der Waals surface area contributed by atoms with Crippen molar-refractivity contribution in [2.75, 3.05) is 12.0 Å². The van der Waals surface area contributed by atoms with E-state index in [1.165, 1.54) is 24.5 Å². The lowest BCUT2D eigenvalue weighted by Crippen LogP contribution is -2.29. The van der Waals surface area contributed by atoms with Crippen LogP contribution in [0.25, 0.3) is 5.76 Å². The zero-order chi connectivity index (χ0) is 23.2. The van der Waals surface area contributed by atoms with Gasteiger partial charge in [0.1, 0.15) is 17.6 Å². The molecule has 2 aromatic carbocycles. The van der Waals surface area contributed by atoms with Crippen molar-refractivity contribution in [3.63, 3.8) is 0 Å². The molecule has 1 fully saturated rings. The summed E-state index contributed by atoms with van der Waals surface area (Å²) in [6.07, 6.45) is 0. The molecule has 0 spiro atoms. The second kappa shape index (κ2) is 8.20. The van der Waals surface area contributed by atoms with Crippen molar-refractivity contribution >= 4 is 34.5 Å². The van der Waals surface area contributed by atoms with Gasteiger partial charge in [-0.25, -0.2) is 8.78 Å². The number of rotatable bonds is 4. The second-order valence-electron chi connectivity index (χ2n) is 7.42. The SMILES string of the molecule is COc1ccc(/C(O)=C2/C(=O)C(=O)N(c3ccc(F)c(F)c3)C2c2sccc2C)cc1C. The molecular formula is C24H19F2NO4S. The van der Waals surface area contributed by atoms with Gasteiger partial charge in [0.15, 0.2) is 11.6 Å². The quantitative estimate of drug-likeness (QED) is 0.330. The van der Waals surface area contributed by atoms with Crippen LogP contribution in [0.1, 0.15) is 27.6 Å². The molecule has 0 aliphatic carbocycles. The third kappa shape index (κ3) is 3.46. The average Bonchev–Trinajstić information content (AvgIpc) is 3.30. The first kappa shape index (κ1) is 21.7. The van der Waals surface area contributed by atoms with Crippen LogP contribution in [0.4, 0.5) is 14.5 Å². The first-order valence-electron chi connectivity index (χ1n) is 9.69. The second-order valence-corrected chi connectivity index (χ2v) is 8.37. The van der Waals surface area contributed by atoms with Gasteiger partial charge in [-0.05, 0) is 66.8 Å². The van der Waals surface area contributed by atoms with Crippen LogP contribution in [-0.4, -0.2) is 23.9 Å². The Bertz CT molecular complexity index is 1280. The smallest absolute Gasteiger partial charge is 0.300 e. The Balaban J connectivity index is 1.95. The monoisotopic (exact) mass is 455 g/mol. The van der Waals surface area contributed by atoms with Crippen LogP contribution in [0.5, 0.6) is 5.75 Å². The predicted molar refractivity (Wildman–Crippen MR) is 118 cm³/mol. The molecule has 1 amide bonds. The molecule has 1 unspecified atom stereocenters. The summed E-state index contributed by atoms with van der Waals surface area (Å²) in [7, 11) is 1.52. The number of methoxy groups -OCH3 is 1. The number of hydrogen-bond acceptors (Lipinski definition) is 5. The molecule has 0 saturated carbocycles. The van der Waals surface area contributed by atoms with Crippen molar-refractivity contribution in [3.05, 3.63) is 86.6 Å². The van der Waals surface area contributed by atoms with Crippen LogP contribution in [0.15, 0.2) is 53.4 Å². The predicted octanol–water partition coefficient (Wildman–Crippen LogP) is 5.28. The number of carbonyl (C=O) groups excluding carboxylic acids is 2. The summed E-state index contributed by atoms with van der Waals surface area (Å²) in [5.41, 5.74) is 1.77. The molecule has 1 aliphatic heterocycles. The Hall–Kier alpha value is -3.52. The van der Waals surface area contributed by atoms with Crippen molar-refractivity contribution in [1.82, 2.24) is 0 Å². The van der Waals surface area contributed by atoms with Crippen LogP contribution in [0.3, 0.4) is 0 Å². The van der Waals surface area contributed by atoms with Gasteiger partial charge in [-0.3, -0.25) is 14.5 Å². The molecule has 1 N–H and O–H groups in total. The summed E-state index contributed by atoms with van der Waals surface area (Å²) < 4.78 is 32.7. The van der Waals surface area contributed by atoms with Crippen molar-refractivity contribution in [2.24, 2.45) is 0 Å². The van der Waals surface area contributed by atoms with E-state index in [1.54, 1.807) is 30.5 Å². The molecule has 8 heteroatoms. The van der Waals surface area contributed by atoms with Crippen LogP contribution in [-0.2, 0) is 9.59 Å². The summed E-state index contributed by atoms with van der Waals surface area (Å²) in [6, 6.07) is 8.73. The molecule has 32 heavy (non-hydrogen) atoms. The maximum atomic E-state index is 14.0. The maximum absolute atomic E-state index is 14.0. The standard InChI is InChI=1S/C24H19F2NO4S/c1-12-8-9-32-23(12)20-19(21(28)14-4-7-18(31-3)13(2)10-14)22(29)24(30)27(20)15-5-6-16(25)17(26)11-15/h4-11,20,28H,1-3H3/b21-19-. The van der Waals surface area contributed by atoms with E-state index in [4.69, 9.17) is 4.74 Å². The zero-order valence-electron chi connectivity index (χ0n) is 17.5. The highest BCUT2D eigenvalue weighted by atomic mass is 32.1. The van der Waals surface area contributed by atoms with E-state index < -0.39 is 29.4 Å². The highest BCUT2D eigenvalue weighted by Gasteiger charge is 2.48. The highest BCUT2D eigenvalue weighted by molar-refractivity contribution is 7.10. The average molecular weight is 455 g/mol. The van der Waals surface area contributed by atoms with Crippen LogP contribution in [0, 0.1) is 25.5 Å². The lowest BCUT2D eigenvalue weighted by Gasteiger charge is -2.25. The lowest BCUT2D eigenvalue weighted by molar-refractivity contribution is -0.132. The van der Waals surface area contributed by atoms with Crippen molar-refractivity contribution in [2.45, 2.75) is 19.9 Å². The summed E-state index contributed by atoms with van der Waals surface area (Å²) >= 11 is 1.30. The van der Waals surface area contributed by atoms with E-state index in [2.05, 4.69) is 0 Å². The van der Waals surface area contributed by atoms with Gasteiger partial charge in [0.25, 0.3) is 11.7 Å². The number of ether oxygens (including phenoxy) is 1. The number of carbonyl (C=O) groups is 2. The fourth-order valence-corrected chi connectivity index (χ4v) is 4.85. The van der Waals surface area contributed by atoms with Crippen LogP contribution < -0.4 is 9.64 Å². The number of aryl methyl sites for hydroxylation is 2. The summed E-state index contributed by atoms with van der Waals surface area (Å²) in [5, 5.41) is 12.9. The van der Waals surface area contributed by atoms with Gasteiger partial charge in [0.05, 0.1) is 12.7 Å². The van der Waals surface area contributed by atoms with Gasteiger partial charge in [-0.1, -0.05) is 0 Å². The Morgan fingerprint density at radius 2 is 1.78 bits per heavy atom. The van der Waals surface area contributed by atoms with Crippen molar-refractivity contribution in [3.8, 4) is 5.75 Å². The molecule has 3 aromatic rings. The molecule has 1 atom stereocenters. The number of anilines is 1. The van der Waals surface area contributed by atoms with Gasteiger partial charge in [0.2, 0.25) is 0 Å². The number of nitrogens with zero attached hydrogens (tertiary/aromatic N) is 1. The van der Waals surface area contributed by atoms with Crippen LogP contribution in [0.2, 0.25) is 0 Å². The largest absolute Gasteiger partial charge is 0.507 e. The number of Topliss-reactive ketones (excluding diaryl/α,β-unsaturated/α-hetero) is 1. The fourth-order valence-electron chi connectivity index (χ4n) is 3.83. The maximum Gasteiger partial charge on any atom is 0.300 e. The summed E-state index contributed by atoms with van der Waals surface area (Å²) in [6.45, 7) is 3.60. The first-order valence-corrected chi connectivity index (χ1v) is 10.6. The Labute approximate surface area is 187 Å². The van der Waals surface area contributed by atoms with E-state index in [0.29, 0.717) is 16.2 Å². The van der Waals surface area contributed by atoms with Gasteiger partial charge in [-0.15, -0.1) is 11.3 Å². The van der Waals surface area contributed by atoms with Crippen molar-refractivity contribution < 1.29 is 28.2 Å². The molecule has 4 rings (SSSR count). The first-order chi connectivity index (χ1) is 15.2. The van der Waals surface area contributed by atoms with E-state index in [1.807, 2.05) is 13.0 Å². The van der Waals surface area contributed by atoms with E-state index in [0.717, 1.165) is 28.2 Å². The number of hydrogen-bond donors (Lipinski definition) is 1. The number of aliphatic hydroxyl groups excluding tert-OH is 1. The van der Waals surface area contributed by atoms with Crippen molar-refractivity contribution in [1.29, 1.82) is 0 Å². The minimum Gasteiger partial charge on any atom is -0.507 e. The number of aliphatic hydroxyl groups is 1. The third-order valence-electron chi connectivity index (χ3n) is 5.44. The molecule has 1 saturated heterocycles. The molecule has 1 aromatic heterocycles. The molecule has 2 heterocycles. The molecule has 164 valence electrons. The highest BCUT2D eigenvalue weighted by Crippen LogP contribution is 2.45. The van der Waals surface area contributed by atoms with Gasteiger partial charge < -0.3 is 9.84 Å². The third-order valence-corrected chi connectivity index (χ3v) is 6.52. The normalized spacial score (nSPS) is 17.8. The number of amides is 1. The van der Waals surface area contributed by atoms with Gasteiger partial charge in [-0.2, -0.15) is 0 Å². The number of benzene rings is 2. The minimum absolute atomic E-state index is 0.0220.